The van der Waals surface area contributed by atoms with Gasteiger partial charge in [-0.3, -0.25) is 0 Å². The lowest BCUT2D eigenvalue weighted by molar-refractivity contribution is 0.0640. The van der Waals surface area contributed by atoms with Crippen LogP contribution >= 0.6 is 12.2 Å². The maximum absolute atomic E-state index is 12.5. The number of benzene rings is 1. The Bertz CT molecular complexity index is 619. The van der Waals surface area contributed by atoms with Crippen LogP contribution in [-0.4, -0.2) is 42.0 Å². The van der Waals surface area contributed by atoms with Gasteiger partial charge < -0.3 is 10.8 Å². The number of nitrogens with zero attached hydrogens (tertiary/aromatic N) is 1. The van der Waals surface area contributed by atoms with E-state index in [-0.39, 0.29) is 16.4 Å². The van der Waals surface area contributed by atoms with E-state index >= 15 is 0 Å². The monoisotopic (exact) mass is 316 g/mol. The van der Waals surface area contributed by atoms with Crippen LogP contribution in [0.5, 0.6) is 0 Å². The highest BCUT2D eigenvalue weighted by Crippen LogP contribution is 2.21. The van der Waals surface area contributed by atoms with Crippen molar-refractivity contribution in [3.05, 3.63) is 29.3 Å². The van der Waals surface area contributed by atoms with Crippen molar-refractivity contribution in [2.75, 3.05) is 13.6 Å². The van der Waals surface area contributed by atoms with Crippen LogP contribution in [0.1, 0.15) is 25.0 Å². The van der Waals surface area contributed by atoms with E-state index in [1.165, 1.54) is 13.1 Å². The predicted octanol–water partition coefficient (Wildman–Crippen LogP) is 1.02. The molecule has 1 rings (SSSR count). The third-order valence-electron chi connectivity index (χ3n) is 2.76. The molecule has 0 aliphatic carbocycles. The highest BCUT2D eigenvalue weighted by molar-refractivity contribution is 7.89. The Balaban J connectivity index is 3.20. The van der Waals surface area contributed by atoms with Crippen molar-refractivity contribution in [3.63, 3.8) is 0 Å². The number of sulfonamides is 1. The molecule has 112 valence electrons. The molecule has 0 aliphatic heterocycles. The first kappa shape index (κ1) is 17.0. The maximum atomic E-state index is 12.5. The molecule has 0 atom stereocenters. The van der Waals surface area contributed by atoms with Crippen molar-refractivity contribution in [1.29, 1.82) is 0 Å². The average molecular weight is 316 g/mol. The third kappa shape index (κ3) is 3.99. The van der Waals surface area contributed by atoms with Crippen LogP contribution in [0.3, 0.4) is 0 Å². The zero-order valence-electron chi connectivity index (χ0n) is 12.0. The van der Waals surface area contributed by atoms with E-state index < -0.39 is 15.6 Å². The van der Waals surface area contributed by atoms with Gasteiger partial charge in [0.15, 0.2) is 0 Å². The minimum absolute atomic E-state index is 0.00578. The van der Waals surface area contributed by atoms with Gasteiger partial charge in [-0.2, -0.15) is 4.31 Å². The SMILES string of the molecule is Cc1cc(C(N)=S)ccc1S(=O)(=O)N(C)CC(C)(C)O. The molecule has 0 amide bonds. The lowest BCUT2D eigenvalue weighted by atomic mass is 10.1. The topological polar surface area (TPSA) is 83.6 Å². The number of rotatable bonds is 5. The summed E-state index contributed by atoms with van der Waals surface area (Å²) in [4.78, 5) is 0.408. The summed E-state index contributed by atoms with van der Waals surface area (Å²) >= 11 is 4.87. The Morgan fingerprint density at radius 1 is 1.45 bits per heavy atom. The number of hydrogen-bond donors (Lipinski definition) is 2. The van der Waals surface area contributed by atoms with Crippen LogP contribution in [0.4, 0.5) is 0 Å². The Kier molecular flexibility index (Phi) is 4.91. The second kappa shape index (κ2) is 5.77. The highest BCUT2D eigenvalue weighted by atomic mass is 32.2. The maximum Gasteiger partial charge on any atom is 0.243 e. The molecule has 0 saturated carbocycles. The van der Waals surface area contributed by atoms with E-state index in [0.717, 1.165) is 4.31 Å². The summed E-state index contributed by atoms with van der Waals surface area (Å²) < 4.78 is 26.1. The molecular weight excluding hydrogens is 296 g/mol. The number of aliphatic hydroxyl groups is 1. The quantitative estimate of drug-likeness (QED) is 0.793. The number of hydrogen-bond acceptors (Lipinski definition) is 4. The van der Waals surface area contributed by atoms with Gasteiger partial charge in [0, 0.05) is 19.2 Å². The molecule has 3 N–H and O–H groups in total. The zero-order valence-corrected chi connectivity index (χ0v) is 13.7. The molecule has 0 bridgehead atoms. The van der Waals surface area contributed by atoms with Gasteiger partial charge in [0.05, 0.1) is 10.5 Å². The molecule has 7 heteroatoms. The van der Waals surface area contributed by atoms with Crippen LogP contribution in [0, 0.1) is 6.92 Å². The van der Waals surface area contributed by atoms with E-state index in [9.17, 15) is 13.5 Å². The van der Waals surface area contributed by atoms with Gasteiger partial charge >= 0.3 is 0 Å². The Labute approximate surface area is 125 Å². The number of nitrogens with two attached hydrogens (primary N) is 1. The van der Waals surface area contributed by atoms with Crippen molar-refractivity contribution in [2.24, 2.45) is 5.73 Å². The molecule has 0 aromatic heterocycles. The lowest BCUT2D eigenvalue weighted by Crippen LogP contribution is -2.39. The van der Waals surface area contributed by atoms with E-state index in [4.69, 9.17) is 18.0 Å². The standard InChI is InChI=1S/C13H20N2O3S2/c1-9-7-10(12(14)19)5-6-11(9)20(17,18)15(4)8-13(2,3)16/h5-7,16H,8H2,1-4H3,(H2,14,19). The second-order valence-electron chi connectivity index (χ2n) is 5.42. The highest BCUT2D eigenvalue weighted by Gasteiger charge is 2.27. The summed E-state index contributed by atoms with van der Waals surface area (Å²) in [5.41, 5.74) is 5.61. The van der Waals surface area contributed by atoms with Crippen molar-refractivity contribution >= 4 is 27.2 Å². The molecule has 0 spiro atoms. The number of aryl methyl sites for hydroxylation is 1. The Hall–Kier alpha value is -1.02. The summed E-state index contributed by atoms with van der Waals surface area (Å²) in [5, 5.41) is 9.74. The van der Waals surface area contributed by atoms with Crippen LogP contribution in [0.25, 0.3) is 0 Å². The van der Waals surface area contributed by atoms with E-state index in [1.807, 2.05) is 0 Å². The molecule has 20 heavy (non-hydrogen) atoms. The van der Waals surface area contributed by atoms with E-state index in [2.05, 4.69) is 0 Å². The summed E-state index contributed by atoms with van der Waals surface area (Å²) in [5.74, 6) is 0. The van der Waals surface area contributed by atoms with Crippen molar-refractivity contribution in [2.45, 2.75) is 31.3 Å². The smallest absolute Gasteiger partial charge is 0.243 e. The van der Waals surface area contributed by atoms with Gasteiger partial charge in [-0.05, 0) is 38.5 Å². The summed E-state index contributed by atoms with van der Waals surface area (Å²) in [7, 11) is -2.22. The first-order chi connectivity index (χ1) is 8.95. The summed E-state index contributed by atoms with van der Waals surface area (Å²) in [6.07, 6.45) is 0. The van der Waals surface area contributed by atoms with E-state index in [1.54, 1.807) is 32.9 Å². The first-order valence-electron chi connectivity index (χ1n) is 6.04. The molecule has 1 aromatic carbocycles. The molecule has 0 heterocycles. The van der Waals surface area contributed by atoms with Crippen molar-refractivity contribution in [1.82, 2.24) is 4.31 Å². The van der Waals surface area contributed by atoms with Gasteiger partial charge in [-0.25, -0.2) is 8.42 Å². The fraction of sp³-hybridized carbons (Fsp3) is 0.462. The van der Waals surface area contributed by atoms with Crippen LogP contribution in [-0.2, 0) is 10.0 Å². The van der Waals surface area contributed by atoms with Gasteiger partial charge in [0.25, 0.3) is 0 Å². The van der Waals surface area contributed by atoms with Crippen LogP contribution in [0.2, 0.25) is 0 Å². The molecule has 1 aromatic rings. The zero-order chi connectivity index (χ0) is 15.7. The molecule has 0 fully saturated rings. The largest absolute Gasteiger partial charge is 0.389 e. The van der Waals surface area contributed by atoms with Crippen LogP contribution in [0.15, 0.2) is 23.1 Å². The van der Waals surface area contributed by atoms with Gasteiger partial charge in [-0.15, -0.1) is 0 Å². The normalized spacial score (nSPS) is 12.7. The second-order valence-corrected chi connectivity index (χ2v) is 7.87. The third-order valence-corrected chi connectivity index (χ3v) is 4.96. The molecule has 0 saturated heterocycles. The summed E-state index contributed by atoms with van der Waals surface area (Å²) in [6.45, 7) is 4.81. The number of thiocarbonyl (C=S) groups is 1. The summed E-state index contributed by atoms with van der Waals surface area (Å²) in [6, 6.07) is 4.72. The average Bonchev–Trinajstić information content (AvgIpc) is 2.25. The van der Waals surface area contributed by atoms with Gasteiger partial charge in [0.2, 0.25) is 10.0 Å². The Morgan fingerprint density at radius 2 is 2.00 bits per heavy atom. The van der Waals surface area contributed by atoms with Crippen LogP contribution < -0.4 is 5.73 Å². The molecular formula is C13H20N2O3S2. The lowest BCUT2D eigenvalue weighted by Gasteiger charge is -2.25. The fourth-order valence-corrected chi connectivity index (χ4v) is 3.54. The van der Waals surface area contributed by atoms with Crippen molar-refractivity contribution in [3.8, 4) is 0 Å². The molecule has 5 nitrogen and oxygen atoms in total. The fourth-order valence-electron chi connectivity index (χ4n) is 1.89. The van der Waals surface area contributed by atoms with Gasteiger partial charge in [0.1, 0.15) is 4.99 Å². The first-order valence-corrected chi connectivity index (χ1v) is 7.89. The minimum atomic E-state index is -3.66. The number of likely N-dealkylation sites (N-methyl/N-ethyl adjacent to an activating group) is 1. The van der Waals surface area contributed by atoms with Crippen molar-refractivity contribution < 1.29 is 13.5 Å². The van der Waals surface area contributed by atoms with Gasteiger partial charge in [-0.1, -0.05) is 18.3 Å². The molecule has 0 unspecified atom stereocenters. The Morgan fingerprint density at radius 3 is 2.40 bits per heavy atom. The predicted molar refractivity (Wildman–Crippen MR) is 83.2 cm³/mol. The molecule has 0 radical (unpaired) electrons. The van der Waals surface area contributed by atoms with E-state index in [0.29, 0.717) is 11.1 Å². The molecule has 0 aliphatic rings. The minimum Gasteiger partial charge on any atom is -0.389 e.